The summed E-state index contributed by atoms with van der Waals surface area (Å²) in [6, 6.07) is 18.3. The first-order chi connectivity index (χ1) is 14.3. The minimum absolute atomic E-state index is 0.181. The van der Waals surface area contributed by atoms with Gasteiger partial charge in [-0.05, 0) is 24.1 Å². The summed E-state index contributed by atoms with van der Waals surface area (Å²) in [5, 5.41) is 12.3. The molecule has 0 bridgehead atoms. The van der Waals surface area contributed by atoms with E-state index in [1.54, 1.807) is 5.38 Å². The number of aromatic nitrogens is 1. The number of rotatable bonds is 7. The van der Waals surface area contributed by atoms with Gasteiger partial charge in [-0.3, -0.25) is 4.79 Å². The number of thiazole rings is 1. The Bertz CT molecular complexity index is 937. The molecule has 0 aliphatic carbocycles. The minimum atomic E-state index is -0.181. The van der Waals surface area contributed by atoms with Gasteiger partial charge in [0.1, 0.15) is 5.69 Å². The first kappa shape index (κ1) is 19.4. The van der Waals surface area contributed by atoms with Crippen LogP contribution < -0.4 is 20.9 Å². The minimum Gasteiger partial charge on any atom is -0.367 e. The number of carbonyl (C=O) groups is 1. The van der Waals surface area contributed by atoms with E-state index in [1.165, 1.54) is 16.9 Å². The van der Waals surface area contributed by atoms with E-state index in [1.807, 2.05) is 36.4 Å². The average Bonchev–Trinajstić information content (AvgIpc) is 3.25. The maximum absolute atomic E-state index is 12.7. The van der Waals surface area contributed by atoms with Gasteiger partial charge in [-0.2, -0.15) is 0 Å². The molecule has 6 nitrogen and oxygen atoms in total. The quantitative estimate of drug-likeness (QED) is 0.560. The molecule has 150 valence electrons. The predicted octanol–water partition coefficient (Wildman–Crippen LogP) is 3.46. The lowest BCUT2D eigenvalue weighted by Gasteiger charge is -2.31. The molecule has 1 fully saturated rings. The van der Waals surface area contributed by atoms with Crippen molar-refractivity contribution < 1.29 is 4.79 Å². The zero-order valence-electron chi connectivity index (χ0n) is 16.2. The van der Waals surface area contributed by atoms with E-state index >= 15 is 0 Å². The smallest absolute Gasteiger partial charge is 0.275 e. The third-order valence-electron chi connectivity index (χ3n) is 4.88. The molecule has 0 spiro atoms. The van der Waals surface area contributed by atoms with Crippen molar-refractivity contribution in [2.75, 3.05) is 48.3 Å². The van der Waals surface area contributed by atoms with Crippen LogP contribution in [-0.2, 0) is 6.42 Å². The molecule has 3 N–H and O–H groups in total. The fourth-order valence-electron chi connectivity index (χ4n) is 3.36. The Morgan fingerprint density at radius 1 is 1.07 bits per heavy atom. The Morgan fingerprint density at radius 3 is 2.66 bits per heavy atom. The van der Waals surface area contributed by atoms with Gasteiger partial charge in [-0.1, -0.05) is 42.5 Å². The number of benzene rings is 2. The fraction of sp³-hybridized carbons (Fsp3) is 0.273. The molecule has 0 radical (unpaired) electrons. The number of piperazine rings is 1. The molecule has 29 heavy (non-hydrogen) atoms. The van der Waals surface area contributed by atoms with Gasteiger partial charge in [0, 0.05) is 38.1 Å². The van der Waals surface area contributed by atoms with E-state index in [0.29, 0.717) is 5.69 Å². The fourth-order valence-corrected chi connectivity index (χ4v) is 4.08. The summed E-state index contributed by atoms with van der Waals surface area (Å²) in [7, 11) is 0. The molecule has 1 aliphatic rings. The number of amides is 1. The van der Waals surface area contributed by atoms with Gasteiger partial charge < -0.3 is 20.9 Å². The summed E-state index contributed by atoms with van der Waals surface area (Å²) in [6.45, 7) is 4.54. The van der Waals surface area contributed by atoms with Crippen LogP contribution in [0.4, 0.5) is 16.5 Å². The molecule has 0 unspecified atom stereocenters. The van der Waals surface area contributed by atoms with Crippen molar-refractivity contribution in [2.45, 2.75) is 6.42 Å². The molecule has 2 aromatic carbocycles. The summed E-state index contributed by atoms with van der Waals surface area (Å²) in [5.74, 6) is -0.181. The van der Waals surface area contributed by atoms with E-state index in [9.17, 15) is 4.79 Å². The highest BCUT2D eigenvalue weighted by molar-refractivity contribution is 7.13. The highest BCUT2D eigenvalue weighted by atomic mass is 32.1. The number of para-hydroxylation sites is 2. The van der Waals surface area contributed by atoms with Crippen molar-refractivity contribution >= 4 is 33.8 Å². The molecule has 1 aliphatic heterocycles. The molecule has 7 heteroatoms. The van der Waals surface area contributed by atoms with Crippen LogP contribution in [0.2, 0.25) is 0 Å². The number of anilines is 3. The SMILES string of the molecule is O=C(Nc1ccccc1N1CCNCC1)c1csc(NCCc2ccccc2)n1. The van der Waals surface area contributed by atoms with E-state index in [-0.39, 0.29) is 5.91 Å². The zero-order chi connectivity index (χ0) is 19.9. The van der Waals surface area contributed by atoms with E-state index < -0.39 is 0 Å². The lowest BCUT2D eigenvalue weighted by molar-refractivity contribution is 0.102. The molecule has 3 aromatic rings. The molecular formula is C22H25N5OS. The first-order valence-electron chi connectivity index (χ1n) is 9.89. The van der Waals surface area contributed by atoms with Crippen LogP contribution in [-0.4, -0.2) is 43.6 Å². The van der Waals surface area contributed by atoms with Crippen LogP contribution in [0, 0.1) is 0 Å². The number of nitrogens with one attached hydrogen (secondary N) is 3. The van der Waals surface area contributed by atoms with Crippen LogP contribution >= 0.6 is 11.3 Å². The van der Waals surface area contributed by atoms with Gasteiger partial charge in [-0.15, -0.1) is 11.3 Å². The van der Waals surface area contributed by atoms with Crippen molar-refractivity contribution in [2.24, 2.45) is 0 Å². The number of hydrogen-bond acceptors (Lipinski definition) is 6. The monoisotopic (exact) mass is 407 g/mol. The topological polar surface area (TPSA) is 69.3 Å². The maximum atomic E-state index is 12.7. The van der Waals surface area contributed by atoms with E-state index in [2.05, 4.69) is 44.0 Å². The lowest BCUT2D eigenvalue weighted by Crippen LogP contribution is -2.43. The molecule has 0 atom stereocenters. The Balaban J connectivity index is 1.36. The Morgan fingerprint density at radius 2 is 1.83 bits per heavy atom. The summed E-state index contributed by atoms with van der Waals surface area (Å²) in [4.78, 5) is 19.5. The van der Waals surface area contributed by atoms with Gasteiger partial charge in [0.2, 0.25) is 0 Å². The van der Waals surface area contributed by atoms with Gasteiger partial charge in [-0.25, -0.2) is 4.98 Å². The lowest BCUT2D eigenvalue weighted by atomic mass is 10.2. The van der Waals surface area contributed by atoms with Crippen LogP contribution in [0.5, 0.6) is 0 Å². The van der Waals surface area contributed by atoms with Crippen LogP contribution in [0.3, 0.4) is 0 Å². The summed E-state index contributed by atoms with van der Waals surface area (Å²) in [5.41, 5.74) is 3.59. The van der Waals surface area contributed by atoms with Crippen molar-refractivity contribution in [1.82, 2.24) is 10.3 Å². The molecule has 1 aromatic heterocycles. The highest BCUT2D eigenvalue weighted by Gasteiger charge is 2.17. The number of hydrogen-bond donors (Lipinski definition) is 3. The Kier molecular flexibility index (Phi) is 6.38. The molecule has 1 amide bonds. The second-order valence-corrected chi connectivity index (χ2v) is 7.77. The molecule has 1 saturated heterocycles. The van der Waals surface area contributed by atoms with E-state index in [0.717, 1.165) is 55.7 Å². The predicted molar refractivity (Wildman–Crippen MR) is 120 cm³/mol. The van der Waals surface area contributed by atoms with E-state index in [4.69, 9.17) is 0 Å². The largest absolute Gasteiger partial charge is 0.367 e. The normalized spacial score (nSPS) is 13.9. The third kappa shape index (κ3) is 5.13. The third-order valence-corrected chi connectivity index (χ3v) is 5.68. The van der Waals surface area contributed by atoms with Gasteiger partial charge in [0.05, 0.1) is 11.4 Å². The average molecular weight is 408 g/mol. The summed E-state index contributed by atoms with van der Waals surface area (Å²) < 4.78 is 0. The molecule has 4 rings (SSSR count). The van der Waals surface area contributed by atoms with Crippen LogP contribution in [0.25, 0.3) is 0 Å². The molecular weight excluding hydrogens is 382 g/mol. The zero-order valence-corrected chi connectivity index (χ0v) is 17.0. The van der Waals surface area contributed by atoms with Crippen molar-refractivity contribution in [3.8, 4) is 0 Å². The first-order valence-corrected chi connectivity index (χ1v) is 10.8. The standard InChI is InChI=1S/C22H25N5OS/c28-21(25-18-8-4-5-9-20(18)27-14-12-23-13-15-27)19-16-29-22(26-19)24-11-10-17-6-2-1-3-7-17/h1-9,16,23H,10-15H2,(H,24,26)(H,25,28). The molecule has 0 saturated carbocycles. The van der Waals surface area contributed by atoms with Gasteiger partial charge in [0.15, 0.2) is 5.13 Å². The second kappa shape index (κ2) is 9.54. The van der Waals surface area contributed by atoms with Crippen molar-refractivity contribution in [3.63, 3.8) is 0 Å². The van der Waals surface area contributed by atoms with Crippen LogP contribution in [0.1, 0.15) is 16.1 Å². The summed E-state index contributed by atoms with van der Waals surface area (Å²) >= 11 is 1.45. The maximum Gasteiger partial charge on any atom is 0.275 e. The van der Waals surface area contributed by atoms with Crippen LogP contribution in [0.15, 0.2) is 60.0 Å². The number of carbonyl (C=O) groups excluding carboxylic acids is 1. The highest BCUT2D eigenvalue weighted by Crippen LogP contribution is 2.27. The van der Waals surface area contributed by atoms with Gasteiger partial charge in [0.25, 0.3) is 5.91 Å². The number of nitrogens with zero attached hydrogens (tertiary/aromatic N) is 2. The summed E-state index contributed by atoms with van der Waals surface area (Å²) in [6.07, 6.45) is 0.917. The Labute approximate surface area is 175 Å². The van der Waals surface area contributed by atoms with Gasteiger partial charge >= 0.3 is 0 Å². The van der Waals surface area contributed by atoms with Crippen molar-refractivity contribution in [1.29, 1.82) is 0 Å². The molecule has 2 heterocycles. The van der Waals surface area contributed by atoms with Crippen molar-refractivity contribution in [3.05, 3.63) is 71.2 Å². The second-order valence-electron chi connectivity index (χ2n) is 6.91. The Hall–Kier alpha value is -2.90.